The molecule has 0 amide bonds. The molecular weight excluding hydrogens is 228 g/mol. The van der Waals surface area contributed by atoms with Gasteiger partial charge < -0.3 is 10.2 Å². The van der Waals surface area contributed by atoms with E-state index < -0.39 is 11.7 Å². The highest BCUT2D eigenvalue weighted by Gasteiger charge is 2.38. The summed E-state index contributed by atoms with van der Waals surface area (Å²) >= 11 is 0. The molecule has 3 heteroatoms. The lowest BCUT2D eigenvalue weighted by Crippen LogP contribution is -2.45. The maximum Gasteiger partial charge on any atom is 0.155 e. The van der Waals surface area contributed by atoms with Crippen LogP contribution in [0.15, 0.2) is 11.6 Å². The van der Waals surface area contributed by atoms with Gasteiger partial charge in [0.2, 0.25) is 0 Å². The molecule has 0 aliphatic heterocycles. The maximum absolute atomic E-state index is 11.7. The van der Waals surface area contributed by atoms with Crippen LogP contribution in [0.2, 0.25) is 0 Å². The van der Waals surface area contributed by atoms with Crippen LogP contribution in [0.5, 0.6) is 0 Å². The molecule has 1 fully saturated rings. The molecule has 0 saturated heterocycles. The molecule has 0 radical (unpaired) electrons. The molecule has 1 rings (SSSR count). The van der Waals surface area contributed by atoms with Gasteiger partial charge in [0.1, 0.15) is 0 Å². The standard InChI is InChI=1S/C15H26O3/c1-10(2)7-13(16)8-11(3)12-5-6-15(4,18)14(17)9-12/h7,11-12,14,17-18H,5-6,8-9H2,1-4H3/t11-,12+,14-,15-/m0/s1. The minimum atomic E-state index is -0.958. The van der Waals surface area contributed by atoms with Crippen LogP contribution in [0, 0.1) is 11.8 Å². The fourth-order valence-electron chi connectivity index (χ4n) is 2.68. The average molecular weight is 254 g/mol. The number of rotatable bonds is 4. The van der Waals surface area contributed by atoms with E-state index in [1.165, 1.54) is 0 Å². The Labute approximate surface area is 110 Å². The van der Waals surface area contributed by atoms with E-state index in [0.29, 0.717) is 25.2 Å². The first-order chi connectivity index (χ1) is 8.22. The largest absolute Gasteiger partial charge is 0.390 e. The first-order valence-corrected chi connectivity index (χ1v) is 6.80. The number of carbonyl (C=O) groups is 1. The van der Waals surface area contributed by atoms with Crippen LogP contribution >= 0.6 is 0 Å². The molecule has 0 aromatic heterocycles. The van der Waals surface area contributed by atoms with Gasteiger partial charge in [-0.1, -0.05) is 12.5 Å². The lowest BCUT2D eigenvalue weighted by molar-refractivity contribution is -0.118. The molecule has 0 aromatic rings. The molecule has 0 spiro atoms. The average Bonchev–Trinajstić information content (AvgIpc) is 2.20. The summed E-state index contributed by atoms with van der Waals surface area (Å²) in [6.45, 7) is 7.59. The van der Waals surface area contributed by atoms with E-state index in [0.717, 1.165) is 12.0 Å². The van der Waals surface area contributed by atoms with Gasteiger partial charge in [-0.15, -0.1) is 0 Å². The Morgan fingerprint density at radius 3 is 2.61 bits per heavy atom. The van der Waals surface area contributed by atoms with Gasteiger partial charge >= 0.3 is 0 Å². The number of ketones is 1. The summed E-state index contributed by atoms with van der Waals surface area (Å²) in [6.07, 6.45) is 3.64. The van der Waals surface area contributed by atoms with Crippen LogP contribution in [0.25, 0.3) is 0 Å². The summed E-state index contributed by atoms with van der Waals surface area (Å²) in [7, 11) is 0. The molecule has 1 aliphatic carbocycles. The zero-order valence-electron chi connectivity index (χ0n) is 11.9. The second kappa shape index (κ2) is 5.98. The lowest BCUT2D eigenvalue weighted by Gasteiger charge is -2.39. The van der Waals surface area contributed by atoms with Crippen molar-refractivity contribution in [1.82, 2.24) is 0 Å². The Bertz CT molecular complexity index is 327. The van der Waals surface area contributed by atoms with Crippen molar-refractivity contribution in [3.05, 3.63) is 11.6 Å². The summed E-state index contributed by atoms with van der Waals surface area (Å²) in [5.41, 5.74) is 0.0685. The minimum absolute atomic E-state index is 0.161. The number of aliphatic hydroxyl groups excluding tert-OH is 1. The van der Waals surface area contributed by atoms with E-state index in [1.54, 1.807) is 13.0 Å². The smallest absolute Gasteiger partial charge is 0.155 e. The van der Waals surface area contributed by atoms with Gasteiger partial charge in [-0.05, 0) is 57.9 Å². The van der Waals surface area contributed by atoms with Crippen LogP contribution in [0.1, 0.15) is 53.4 Å². The Kier molecular flexibility index (Phi) is 5.11. The maximum atomic E-state index is 11.7. The molecule has 3 nitrogen and oxygen atoms in total. The van der Waals surface area contributed by atoms with Crippen molar-refractivity contribution in [2.24, 2.45) is 11.8 Å². The summed E-state index contributed by atoms with van der Waals surface area (Å²) in [5, 5.41) is 19.8. The fourth-order valence-corrected chi connectivity index (χ4v) is 2.68. The van der Waals surface area contributed by atoms with Gasteiger partial charge in [-0.2, -0.15) is 0 Å². The second-order valence-electron chi connectivity index (χ2n) is 6.28. The zero-order valence-corrected chi connectivity index (χ0v) is 11.9. The zero-order chi connectivity index (χ0) is 13.9. The van der Waals surface area contributed by atoms with Gasteiger partial charge in [-0.25, -0.2) is 0 Å². The van der Waals surface area contributed by atoms with Crippen molar-refractivity contribution in [2.75, 3.05) is 0 Å². The third kappa shape index (κ3) is 4.21. The van der Waals surface area contributed by atoms with Gasteiger partial charge in [0.25, 0.3) is 0 Å². The van der Waals surface area contributed by atoms with Crippen molar-refractivity contribution in [2.45, 2.75) is 65.1 Å². The number of allylic oxidation sites excluding steroid dienone is 2. The summed E-state index contributed by atoms with van der Waals surface area (Å²) in [5.74, 6) is 0.753. The van der Waals surface area contributed by atoms with Gasteiger partial charge in [0.15, 0.2) is 5.78 Å². The minimum Gasteiger partial charge on any atom is -0.390 e. The van der Waals surface area contributed by atoms with Crippen LogP contribution < -0.4 is 0 Å². The summed E-state index contributed by atoms with van der Waals surface area (Å²) in [6, 6.07) is 0. The van der Waals surface area contributed by atoms with Gasteiger partial charge in [0.05, 0.1) is 11.7 Å². The molecule has 0 unspecified atom stereocenters. The molecule has 4 atom stereocenters. The molecule has 1 aliphatic rings. The van der Waals surface area contributed by atoms with Crippen molar-refractivity contribution in [1.29, 1.82) is 0 Å². The SMILES string of the molecule is CC(C)=CC(=O)C[C@H](C)[C@@H]1CC[C@](C)(O)[C@@H](O)C1. The Hall–Kier alpha value is -0.670. The molecule has 104 valence electrons. The topological polar surface area (TPSA) is 57.5 Å². The van der Waals surface area contributed by atoms with Crippen molar-refractivity contribution < 1.29 is 15.0 Å². The van der Waals surface area contributed by atoms with E-state index in [2.05, 4.69) is 6.92 Å². The second-order valence-corrected chi connectivity index (χ2v) is 6.28. The number of aliphatic hydroxyl groups is 2. The van der Waals surface area contributed by atoms with Gasteiger partial charge in [0, 0.05) is 6.42 Å². The van der Waals surface area contributed by atoms with Crippen LogP contribution in [0.4, 0.5) is 0 Å². The predicted molar refractivity (Wildman–Crippen MR) is 72.2 cm³/mol. The van der Waals surface area contributed by atoms with E-state index in [1.807, 2.05) is 13.8 Å². The number of hydrogen-bond acceptors (Lipinski definition) is 3. The molecule has 0 heterocycles. The van der Waals surface area contributed by atoms with Crippen molar-refractivity contribution >= 4 is 5.78 Å². The summed E-state index contributed by atoms with van der Waals surface area (Å²) in [4.78, 5) is 11.7. The first-order valence-electron chi connectivity index (χ1n) is 6.80. The quantitative estimate of drug-likeness (QED) is 0.758. The highest BCUT2D eigenvalue weighted by Crippen LogP contribution is 2.37. The lowest BCUT2D eigenvalue weighted by atomic mass is 9.72. The van der Waals surface area contributed by atoms with E-state index in [-0.39, 0.29) is 11.7 Å². The van der Waals surface area contributed by atoms with Crippen molar-refractivity contribution in [3.63, 3.8) is 0 Å². The monoisotopic (exact) mass is 254 g/mol. The van der Waals surface area contributed by atoms with E-state index in [9.17, 15) is 15.0 Å². The number of carbonyl (C=O) groups excluding carboxylic acids is 1. The normalized spacial score (nSPS) is 33.9. The van der Waals surface area contributed by atoms with Crippen LogP contribution in [-0.4, -0.2) is 27.7 Å². The molecule has 0 bridgehead atoms. The Morgan fingerprint density at radius 1 is 1.50 bits per heavy atom. The van der Waals surface area contributed by atoms with Crippen LogP contribution in [0.3, 0.4) is 0 Å². The predicted octanol–water partition coefficient (Wildman–Crippen LogP) is 2.46. The Balaban J connectivity index is 2.52. The molecule has 2 N–H and O–H groups in total. The molecule has 18 heavy (non-hydrogen) atoms. The van der Waals surface area contributed by atoms with Gasteiger partial charge in [-0.3, -0.25) is 4.79 Å². The van der Waals surface area contributed by atoms with E-state index >= 15 is 0 Å². The molecule has 0 aromatic carbocycles. The first kappa shape index (κ1) is 15.4. The Morgan fingerprint density at radius 2 is 2.11 bits per heavy atom. The van der Waals surface area contributed by atoms with E-state index in [4.69, 9.17) is 0 Å². The molecular formula is C15H26O3. The molecule has 1 saturated carbocycles. The fraction of sp³-hybridized carbons (Fsp3) is 0.800. The summed E-state index contributed by atoms with van der Waals surface area (Å²) < 4.78 is 0. The number of hydrogen-bond donors (Lipinski definition) is 2. The van der Waals surface area contributed by atoms with Crippen LogP contribution in [-0.2, 0) is 4.79 Å². The van der Waals surface area contributed by atoms with Crippen molar-refractivity contribution in [3.8, 4) is 0 Å². The highest BCUT2D eigenvalue weighted by molar-refractivity contribution is 5.90. The third-order valence-corrected chi connectivity index (χ3v) is 4.04. The highest BCUT2D eigenvalue weighted by atomic mass is 16.3. The third-order valence-electron chi connectivity index (χ3n) is 4.04.